The summed E-state index contributed by atoms with van der Waals surface area (Å²) in [6, 6.07) is 14.6. The fourth-order valence-electron chi connectivity index (χ4n) is 2.73. The minimum atomic E-state index is -0.591. The number of thioether (sulfide) groups is 1. The fraction of sp³-hybridized carbons (Fsp3) is 0.318. The smallest absolute Gasteiger partial charge is 0.339 e. The van der Waals surface area contributed by atoms with E-state index < -0.39 is 5.97 Å². The lowest BCUT2D eigenvalue weighted by atomic mass is 10.1. The topological polar surface area (TPSA) is 84.5 Å². The van der Waals surface area contributed by atoms with Gasteiger partial charge in [0.15, 0.2) is 6.61 Å². The van der Waals surface area contributed by atoms with Crippen molar-refractivity contribution in [3.63, 3.8) is 0 Å². The van der Waals surface area contributed by atoms with Crippen molar-refractivity contribution in [2.24, 2.45) is 0 Å². The van der Waals surface area contributed by atoms with E-state index >= 15 is 0 Å². The van der Waals surface area contributed by atoms with Crippen LogP contribution in [0.15, 0.2) is 57.9 Å². The van der Waals surface area contributed by atoms with Crippen LogP contribution in [0.1, 0.15) is 41.7 Å². The number of esters is 1. The normalized spacial score (nSPS) is 13.9. The summed E-state index contributed by atoms with van der Waals surface area (Å²) < 4.78 is 6.15. The third-order valence-corrected chi connectivity index (χ3v) is 6.09. The van der Waals surface area contributed by atoms with Gasteiger partial charge in [0, 0.05) is 15.4 Å². The van der Waals surface area contributed by atoms with Crippen LogP contribution in [-0.4, -0.2) is 36.2 Å². The lowest BCUT2D eigenvalue weighted by Crippen LogP contribution is -2.31. The van der Waals surface area contributed by atoms with Crippen LogP contribution in [-0.2, 0) is 14.3 Å². The average Bonchev–Trinajstić information content (AvgIpc) is 3.55. The minimum absolute atomic E-state index is 0.0491. The molecule has 0 saturated heterocycles. The van der Waals surface area contributed by atoms with Gasteiger partial charge in [0.1, 0.15) is 0 Å². The van der Waals surface area contributed by atoms with E-state index in [1.54, 1.807) is 24.3 Å². The minimum Gasteiger partial charge on any atom is -0.452 e. The SMILES string of the molecule is CC(NC(=O)COC(=O)c1ccccc1SCC(=O)NC1CC1)c1ccc(Br)cc1. The Hall–Kier alpha value is -2.32. The van der Waals surface area contributed by atoms with Crippen molar-refractivity contribution >= 4 is 45.5 Å². The molecular weight excluding hydrogens is 468 g/mol. The van der Waals surface area contributed by atoms with E-state index in [4.69, 9.17) is 4.74 Å². The number of rotatable bonds is 9. The van der Waals surface area contributed by atoms with Crippen LogP contribution < -0.4 is 10.6 Å². The Morgan fingerprint density at radius 2 is 1.80 bits per heavy atom. The summed E-state index contributed by atoms with van der Waals surface area (Å²) in [4.78, 5) is 37.2. The number of carbonyl (C=O) groups excluding carboxylic acids is 3. The Balaban J connectivity index is 1.49. The Kier molecular flexibility index (Phi) is 7.93. The highest BCUT2D eigenvalue weighted by atomic mass is 79.9. The molecule has 1 fully saturated rings. The molecule has 1 saturated carbocycles. The standard InChI is InChI=1S/C22H23BrN2O4S/c1-14(15-6-8-16(23)9-7-15)24-20(26)12-29-22(28)18-4-2-3-5-19(18)30-13-21(27)25-17-10-11-17/h2-9,14,17H,10-13H2,1H3,(H,24,26)(H,25,27). The summed E-state index contributed by atoms with van der Waals surface area (Å²) in [5, 5.41) is 5.73. The Morgan fingerprint density at radius 3 is 2.50 bits per heavy atom. The van der Waals surface area contributed by atoms with E-state index in [9.17, 15) is 14.4 Å². The molecule has 1 unspecified atom stereocenters. The van der Waals surface area contributed by atoms with E-state index in [0.717, 1.165) is 22.9 Å². The molecule has 1 aliphatic carbocycles. The number of benzene rings is 2. The van der Waals surface area contributed by atoms with Gasteiger partial charge in [-0.25, -0.2) is 4.79 Å². The maximum Gasteiger partial charge on any atom is 0.339 e. The van der Waals surface area contributed by atoms with Gasteiger partial charge in [0.05, 0.1) is 17.4 Å². The third-order valence-electron chi connectivity index (χ3n) is 4.49. The number of carbonyl (C=O) groups is 3. The summed E-state index contributed by atoms with van der Waals surface area (Å²) in [6.07, 6.45) is 2.06. The van der Waals surface area contributed by atoms with Crippen LogP contribution in [0.3, 0.4) is 0 Å². The molecule has 0 spiro atoms. The molecule has 2 N–H and O–H groups in total. The van der Waals surface area contributed by atoms with Crippen LogP contribution in [0.4, 0.5) is 0 Å². The first-order valence-corrected chi connectivity index (χ1v) is 11.4. The summed E-state index contributed by atoms with van der Waals surface area (Å²) in [5.74, 6) is -0.793. The van der Waals surface area contributed by atoms with Crippen LogP contribution in [0.25, 0.3) is 0 Å². The lowest BCUT2D eigenvalue weighted by Gasteiger charge is -2.15. The lowest BCUT2D eigenvalue weighted by molar-refractivity contribution is -0.125. The van der Waals surface area contributed by atoms with Crippen LogP contribution in [0, 0.1) is 0 Å². The van der Waals surface area contributed by atoms with E-state index in [0.29, 0.717) is 16.5 Å². The molecule has 6 nitrogen and oxygen atoms in total. The zero-order chi connectivity index (χ0) is 21.5. The van der Waals surface area contributed by atoms with E-state index in [2.05, 4.69) is 26.6 Å². The number of hydrogen-bond donors (Lipinski definition) is 2. The Morgan fingerprint density at radius 1 is 1.10 bits per heavy atom. The molecule has 0 aromatic heterocycles. The second-order valence-corrected chi connectivity index (χ2v) is 8.98. The van der Waals surface area contributed by atoms with E-state index in [-0.39, 0.29) is 30.2 Å². The summed E-state index contributed by atoms with van der Waals surface area (Å²) in [7, 11) is 0. The maximum absolute atomic E-state index is 12.5. The fourth-order valence-corrected chi connectivity index (χ4v) is 3.84. The highest BCUT2D eigenvalue weighted by Gasteiger charge is 2.23. The predicted octanol–water partition coefficient (Wildman–Crippen LogP) is 3.85. The number of amides is 2. The maximum atomic E-state index is 12.5. The number of hydrogen-bond acceptors (Lipinski definition) is 5. The van der Waals surface area contributed by atoms with Crippen LogP contribution in [0.5, 0.6) is 0 Å². The van der Waals surface area contributed by atoms with Crippen LogP contribution in [0.2, 0.25) is 0 Å². The Bertz CT molecular complexity index is 916. The second kappa shape index (κ2) is 10.6. The molecule has 2 aromatic carbocycles. The van der Waals surface area contributed by atoms with Crippen LogP contribution >= 0.6 is 27.7 Å². The monoisotopic (exact) mass is 490 g/mol. The van der Waals surface area contributed by atoms with Gasteiger partial charge in [-0.15, -0.1) is 11.8 Å². The van der Waals surface area contributed by atoms with Gasteiger partial charge in [0.2, 0.25) is 5.91 Å². The molecule has 158 valence electrons. The predicted molar refractivity (Wildman–Crippen MR) is 119 cm³/mol. The van der Waals surface area contributed by atoms with Gasteiger partial charge in [0.25, 0.3) is 5.91 Å². The zero-order valence-electron chi connectivity index (χ0n) is 16.5. The third kappa shape index (κ3) is 6.88. The van der Waals surface area contributed by atoms with Crippen molar-refractivity contribution in [2.45, 2.75) is 36.7 Å². The molecule has 8 heteroatoms. The molecule has 2 amide bonds. The molecule has 3 rings (SSSR count). The van der Waals surface area contributed by atoms with Gasteiger partial charge >= 0.3 is 5.97 Å². The van der Waals surface area contributed by atoms with Crippen molar-refractivity contribution in [3.05, 3.63) is 64.1 Å². The Labute approximate surface area is 188 Å². The molecule has 0 aliphatic heterocycles. The van der Waals surface area contributed by atoms with Gasteiger partial charge in [-0.3, -0.25) is 9.59 Å². The van der Waals surface area contributed by atoms with Gasteiger partial charge < -0.3 is 15.4 Å². The van der Waals surface area contributed by atoms with Crippen molar-refractivity contribution < 1.29 is 19.1 Å². The quantitative estimate of drug-likeness (QED) is 0.411. The van der Waals surface area contributed by atoms with Crippen molar-refractivity contribution in [1.29, 1.82) is 0 Å². The molecule has 1 aliphatic rings. The highest BCUT2D eigenvalue weighted by molar-refractivity contribution is 9.10. The average molecular weight is 491 g/mol. The zero-order valence-corrected chi connectivity index (χ0v) is 18.9. The van der Waals surface area contributed by atoms with Crippen molar-refractivity contribution in [2.75, 3.05) is 12.4 Å². The first-order valence-electron chi connectivity index (χ1n) is 9.65. The molecular formula is C22H23BrN2O4S. The summed E-state index contributed by atoms with van der Waals surface area (Å²) >= 11 is 4.66. The molecule has 0 radical (unpaired) electrons. The largest absolute Gasteiger partial charge is 0.452 e. The number of halogens is 1. The molecule has 30 heavy (non-hydrogen) atoms. The molecule has 0 heterocycles. The molecule has 0 bridgehead atoms. The highest BCUT2D eigenvalue weighted by Crippen LogP contribution is 2.24. The first kappa shape index (κ1) is 22.4. The summed E-state index contributed by atoms with van der Waals surface area (Å²) in [6.45, 7) is 1.49. The van der Waals surface area contributed by atoms with Crippen molar-refractivity contribution in [3.8, 4) is 0 Å². The number of ether oxygens (including phenoxy) is 1. The van der Waals surface area contributed by atoms with Crippen molar-refractivity contribution in [1.82, 2.24) is 10.6 Å². The van der Waals surface area contributed by atoms with E-state index in [1.807, 2.05) is 31.2 Å². The van der Waals surface area contributed by atoms with Gasteiger partial charge in [-0.2, -0.15) is 0 Å². The molecule has 2 aromatic rings. The van der Waals surface area contributed by atoms with E-state index in [1.165, 1.54) is 11.8 Å². The first-order chi connectivity index (χ1) is 14.4. The van der Waals surface area contributed by atoms with Gasteiger partial charge in [-0.1, -0.05) is 40.2 Å². The second-order valence-electron chi connectivity index (χ2n) is 7.04. The molecule has 1 atom stereocenters. The number of nitrogens with one attached hydrogen (secondary N) is 2. The summed E-state index contributed by atoms with van der Waals surface area (Å²) in [5.41, 5.74) is 1.29. The van der Waals surface area contributed by atoms with Gasteiger partial charge in [-0.05, 0) is 49.6 Å².